The first kappa shape index (κ1) is 12.5. The molecule has 0 N–H and O–H groups in total. The third-order valence-electron chi connectivity index (χ3n) is 4.57. The monoisotopic (exact) mass is 282 g/mol. The number of aromatic nitrogens is 1. The maximum Gasteiger partial charge on any atom is 0.237 e. The highest BCUT2D eigenvalue weighted by molar-refractivity contribution is 6.04. The Bertz CT molecular complexity index is 707. The number of anilines is 1. The molecular formula is C17H15FN2O. The predicted molar refractivity (Wildman–Crippen MR) is 77.6 cm³/mol. The molecule has 0 saturated heterocycles. The van der Waals surface area contributed by atoms with Crippen LogP contribution in [0.1, 0.15) is 24.0 Å². The van der Waals surface area contributed by atoms with Gasteiger partial charge in [0.2, 0.25) is 5.91 Å². The van der Waals surface area contributed by atoms with E-state index in [9.17, 15) is 9.18 Å². The van der Waals surface area contributed by atoms with Crippen LogP contribution in [0.2, 0.25) is 0 Å². The first-order chi connectivity index (χ1) is 10.2. The van der Waals surface area contributed by atoms with E-state index < -0.39 is 5.41 Å². The Morgan fingerprint density at radius 1 is 1.19 bits per heavy atom. The van der Waals surface area contributed by atoms with Gasteiger partial charge in [0.05, 0.1) is 5.41 Å². The van der Waals surface area contributed by atoms with Crippen molar-refractivity contribution in [3.63, 3.8) is 0 Å². The molecule has 2 heterocycles. The molecule has 4 rings (SSSR count). The van der Waals surface area contributed by atoms with Crippen LogP contribution in [0.5, 0.6) is 0 Å². The second-order valence-electron chi connectivity index (χ2n) is 5.80. The molecular weight excluding hydrogens is 267 g/mol. The zero-order chi connectivity index (χ0) is 14.4. The molecule has 1 aliphatic carbocycles. The average Bonchev–Trinajstić information content (AvgIpc) is 3.21. The third kappa shape index (κ3) is 1.86. The Balaban J connectivity index is 1.68. The Labute approximate surface area is 122 Å². The fraction of sp³-hybridized carbons (Fsp3) is 0.294. The number of carbonyl (C=O) groups is 1. The molecule has 0 spiro atoms. The van der Waals surface area contributed by atoms with Crippen molar-refractivity contribution in [1.82, 2.24) is 4.98 Å². The number of carbonyl (C=O) groups excluding carboxylic acids is 1. The molecule has 21 heavy (non-hydrogen) atoms. The van der Waals surface area contributed by atoms with Crippen molar-refractivity contribution in [1.29, 1.82) is 0 Å². The number of fused-ring (bicyclic) bond motifs is 1. The predicted octanol–water partition coefficient (Wildman–Crippen LogP) is 2.84. The Morgan fingerprint density at radius 2 is 1.95 bits per heavy atom. The van der Waals surface area contributed by atoms with Gasteiger partial charge in [-0.1, -0.05) is 12.1 Å². The second kappa shape index (κ2) is 4.38. The molecule has 1 aromatic carbocycles. The first-order valence-corrected chi connectivity index (χ1v) is 7.22. The lowest BCUT2D eigenvalue weighted by atomic mass is 9.94. The van der Waals surface area contributed by atoms with Crippen molar-refractivity contribution in [3.05, 3.63) is 59.7 Å². The van der Waals surface area contributed by atoms with E-state index in [-0.39, 0.29) is 11.7 Å². The van der Waals surface area contributed by atoms with Crippen LogP contribution in [0.25, 0.3) is 0 Å². The van der Waals surface area contributed by atoms with Gasteiger partial charge in [-0.2, -0.15) is 0 Å². The molecule has 0 bridgehead atoms. The number of pyridine rings is 1. The van der Waals surface area contributed by atoms with Crippen LogP contribution in [0.3, 0.4) is 0 Å². The van der Waals surface area contributed by atoms with E-state index in [2.05, 4.69) is 4.98 Å². The Hall–Kier alpha value is -2.23. The normalized spacial score (nSPS) is 18.4. The molecule has 1 fully saturated rings. The molecule has 106 valence electrons. The highest BCUT2D eigenvalue weighted by Crippen LogP contribution is 2.50. The fourth-order valence-electron chi connectivity index (χ4n) is 3.22. The van der Waals surface area contributed by atoms with Gasteiger partial charge in [-0.05, 0) is 48.6 Å². The quantitative estimate of drug-likeness (QED) is 0.848. The summed E-state index contributed by atoms with van der Waals surface area (Å²) in [4.78, 5) is 19.0. The van der Waals surface area contributed by atoms with Crippen molar-refractivity contribution in [2.24, 2.45) is 0 Å². The summed E-state index contributed by atoms with van der Waals surface area (Å²) in [6, 6.07) is 8.25. The van der Waals surface area contributed by atoms with E-state index >= 15 is 0 Å². The Kier molecular flexibility index (Phi) is 2.61. The summed E-state index contributed by atoms with van der Waals surface area (Å²) >= 11 is 0. The van der Waals surface area contributed by atoms with Gasteiger partial charge in [-0.25, -0.2) is 4.39 Å². The van der Waals surface area contributed by atoms with E-state index in [0.717, 1.165) is 36.1 Å². The number of hydrogen-bond acceptors (Lipinski definition) is 2. The zero-order valence-corrected chi connectivity index (χ0v) is 11.6. The molecule has 2 aromatic rings. The Morgan fingerprint density at radius 3 is 2.67 bits per heavy atom. The zero-order valence-electron chi connectivity index (χ0n) is 11.6. The lowest BCUT2D eigenvalue weighted by Crippen LogP contribution is -2.38. The molecule has 0 unspecified atom stereocenters. The van der Waals surface area contributed by atoms with E-state index in [1.54, 1.807) is 18.3 Å². The number of benzene rings is 1. The van der Waals surface area contributed by atoms with E-state index in [1.165, 1.54) is 12.1 Å². The minimum absolute atomic E-state index is 0.138. The summed E-state index contributed by atoms with van der Waals surface area (Å²) < 4.78 is 13.1. The van der Waals surface area contributed by atoms with Gasteiger partial charge in [0.25, 0.3) is 0 Å². The van der Waals surface area contributed by atoms with Gasteiger partial charge in [-0.15, -0.1) is 0 Å². The van der Waals surface area contributed by atoms with Gasteiger partial charge >= 0.3 is 0 Å². The number of rotatable bonds is 2. The van der Waals surface area contributed by atoms with Crippen molar-refractivity contribution in [2.45, 2.75) is 24.7 Å². The smallest absolute Gasteiger partial charge is 0.237 e. The summed E-state index contributed by atoms with van der Waals surface area (Å²) in [5.41, 5.74) is 2.58. The van der Waals surface area contributed by atoms with Crippen LogP contribution in [0.15, 0.2) is 42.7 Å². The van der Waals surface area contributed by atoms with Crippen molar-refractivity contribution >= 4 is 11.6 Å². The largest absolute Gasteiger partial charge is 0.311 e. The van der Waals surface area contributed by atoms with Crippen LogP contribution >= 0.6 is 0 Å². The van der Waals surface area contributed by atoms with Crippen LogP contribution in [-0.2, 0) is 16.6 Å². The lowest BCUT2D eigenvalue weighted by Gasteiger charge is -2.24. The molecule has 1 amide bonds. The number of halogens is 1. The minimum Gasteiger partial charge on any atom is -0.311 e. The summed E-state index contributed by atoms with van der Waals surface area (Å²) in [5, 5.41) is 0. The van der Waals surface area contributed by atoms with E-state index in [1.807, 2.05) is 17.2 Å². The summed E-state index contributed by atoms with van der Waals surface area (Å²) in [5.74, 6) is -0.126. The van der Waals surface area contributed by atoms with Crippen LogP contribution in [0.4, 0.5) is 10.1 Å². The van der Waals surface area contributed by atoms with Gasteiger partial charge in [0.1, 0.15) is 5.82 Å². The van der Waals surface area contributed by atoms with Gasteiger partial charge in [-0.3, -0.25) is 9.78 Å². The topological polar surface area (TPSA) is 33.2 Å². The van der Waals surface area contributed by atoms with Gasteiger partial charge in [0.15, 0.2) is 0 Å². The summed E-state index contributed by atoms with van der Waals surface area (Å²) in [7, 11) is 0. The molecule has 1 saturated carbocycles. The fourth-order valence-corrected chi connectivity index (χ4v) is 3.22. The SMILES string of the molecule is O=C(N1CCc2cnccc21)C1(c2ccc(F)cc2)CC1. The maximum atomic E-state index is 13.1. The molecule has 1 aliphatic heterocycles. The standard InChI is InChI=1S/C17H15FN2O/c18-14-3-1-13(2-4-14)17(7-8-17)16(21)20-10-6-12-11-19-9-5-15(12)20/h1-5,9,11H,6-8,10H2. The molecule has 1 aromatic heterocycles. The maximum absolute atomic E-state index is 13.1. The third-order valence-corrected chi connectivity index (χ3v) is 4.57. The average molecular weight is 282 g/mol. The molecule has 3 nitrogen and oxygen atoms in total. The highest BCUT2D eigenvalue weighted by Gasteiger charge is 2.53. The molecule has 0 radical (unpaired) electrons. The van der Waals surface area contributed by atoms with Gasteiger partial charge < -0.3 is 4.90 Å². The highest BCUT2D eigenvalue weighted by atomic mass is 19.1. The summed E-state index contributed by atoms with van der Waals surface area (Å²) in [6.45, 7) is 0.711. The van der Waals surface area contributed by atoms with Crippen molar-refractivity contribution < 1.29 is 9.18 Å². The molecule has 4 heteroatoms. The number of nitrogens with zero attached hydrogens (tertiary/aromatic N) is 2. The van der Waals surface area contributed by atoms with Crippen LogP contribution < -0.4 is 4.90 Å². The van der Waals surface area contributed by atoms with Gasteiger partial charge in [0, 0.05) is 24.6 Å². The van der Waals surface area contributed by atoms with Crippen LogP contribution in [-0.4, -0.2) is 17.4 Å². The van der Waals surface area contributed by atoms with E-state index in [4.69, 9.17) is 0 Å². The first-order valence-electron chi connectivity index (χ1n) is 7.22. The van der Waals surface area contributed by atoms with Crippen LogP contribution in [0, 0.1) is 5.82 Å². The minimum atomic E-state index is -0.446. The molecule has 2 aliphatic rings. The lowest BCUT2D eigenvalue weighted by molar-refractivity contribution is -0.120. The van der Waals surface area contributed by atoms with Crippen molar-refractivity contribution in [3.8, 4) is 0 Å². The second-order valence-corrected chi connectivity index (χ2v) is 5.80. The number of amides is 1. The van der Waals surface area contributed by atoms with E-state index in [0.29, 0.717) is 6.54 Å². The summed E-state index contributed by atoms with van der Waals surface area (Å²) in [6.07, 6.45) is 6.10. The molecule has 0 atom stereocenters. The number of hydrogen-bond donors (Lipinski definition) is 0. The van der Waals surface area contributed by atoms with Crippen molar-refractivity contribution in [2.75, 3.05) is 11.4 Å².